The van der Waals surface area contributed by atoms with E-state index < -0.39 is 24.7 Å². The van der Waals surface area contributed by atoms with Crippen LogP contribution in [-0.4, -0.2) is 41.7 Å². The fraction of sp³-hybridized carbons (Fsp3) is 1.00. The number of aliphatic hydroxyl groups is 2. The van der Waals surface area contributed by atoms with Gasteiger partial charge in [0.15, 0.2) is 6.29 Å². The Bertz CT molecular complexity index is 173. The van der Waals surface area contributed by atoms with Crippen LogP contribution in [0.5, 0.6) is 0 Å². The molecule has 1 fully saturated rings. The Kier molecular flexibility index (Phi) is 2.81. The minimum absolute atomic E-state index is 0.165. The molecular formula is C6H9F3O4. The van der Waals surface area contributed by atoms with E-state index in [1.54, 1.807) is 0 Å². The lowest BCUT2D eigenvalue weighted by Gasteiger charge is -2.26. The number of hydrogen-bond acceptors (Lipinski definition) is 4. The van der Waals surface area contributed by atoms with Gasteiger partial charge in [0.1, 0.15) is 0 Å². The molecule has 0 aromatic rings. The normalized spacial score (nSPS) is 21.0. The Morgan fingerprint density at radius 1 is 1.15 bits per heavy atom. The first-order valence-corrected chi connectivity index (χ1v) is 3.57. The van der Waals surface area contributed by atoms with E-state index in [1.807, 2.05) is 0 Å². The highest BCUT2D eigenvalue weighted by Gasteiger charge is 2.54. The van der Waals surface area contributed by atoms with Gasteiger partial charge >= 0.3 is 6.18 Å². The summed E-state index contributed by atoms with van der Waals surface area (Å²) in [5.74, 6) is -3.75. The summed E-state index contributed by atoms with van der Waals surface area (Å²) in [5.41, 5.74) is 0. The van der Waals surface area contributed by atoms with Gasteiger partial charge in [-0.25, -0.2) is 0 Å². The third kappa shape index (κ3) is 2.53. The molecule has 1 saturated heterocycles. The number of rotatable bonds is 2. The summed E-state index contributed by atoms with van der Waals surface area (Å²) in [6, 6.07) is 0. The number of halogens is 3. The second-order valence-corrected chi connectivity index (χ2v) is 2.69. The molecule has 4 nitrogen and oxygen atoms in total. The van der Waals surface area contributed by atoms with Crippen LogP contribution >= 0.6 is 0 Å². The standard InChI is InChI=1S/C6H9F3O4/c7-6(8,9)5(10,11)3-4-12-1-2-13-4/h4,10-11H,1-3H2. The fourth-order valence-electron chi connectivity index (χ4n) is 0.873. The van der Waals surface area contributed by atoms with E-state index in [-0.39, 0.29) is 13.2 Å². The van der Waals surface area contributed by atoms with Crippen molar-refractivity contribution in [3.05, 3.63) is 0 Å². The monoisotopic (exact) mass is 202 g/mol. The topological polar surface area (TPSA) is 58.9 Å². The van der Waals surface area contributed by atoms with Gasteiger partial charge in [-0.3, -0.25) is 0 Å². The van der Waals surface area contributed by atoms with Crippen molar-refractivity contribution in [3.63, 3.8) is 0 Å². The van der Waals surface area contributed by atoms with E-state index >= 15 is 0 Å². The Labute approximate surface area is 71.9 Å². The van der Waals surface area contributed by atoms with E-state index in [2.05, 4.69) is 9.47 Å². The molecule has 0 aromatic carbocycles. The molecular weight excluding hydrogens is 193 g/mol. The molecule has 0 atom stereocenters. The third-order valence-electron chi connectivity index (χ3n) is 1.60. The van der Waals surface area contributed by atoms with Gasteiger partial charge in [-0.05, 0) is 0 Å². The van der Waals surface area contributed by atoms with E-state index in [0.717, 1.165) is 0 Å². The summed E-state index contributed by atoms with van der Waals surface area (Å²) in [7, 11) is 0. The van der Waals surface area contributed by atoms with Crippen LogP contribution in [0.4, 0.5) is 13.2 Å². The van der Waals surface area contributed by atoms with Gasteiger partial charge in [-0.15, -0.1) is 0 Å². The molecule has 0 saturated carbocycles. The van der Waals surface area contributed by atoms with Crippen molar-refractivity contribution in [2.75, 3.05) is 13.2 Å². The molecule has 0 spiro atoms. The quantitative estimate of drug-likeness (QED) is 0.618. The van der Waals surface area contributed by atoms with Crippen molar-refractivity contribution in [3.8, 4) is 0 Å². The van der Waals surface area contributed by atoms with E-state index in [9.17, 15) is 13.2 Å². The smallest absolute Gasteiger partial charge is 0.359 e. The van der Waals surface area contributed by atoms with Gasteiger partial charge in [-0.2, -0.15) is 13.2 Å². The molecule has 1 rings (SSSR count). The number of alkyl halides is 3. The molecule has 78 valence electrons. The molecule has 7 heteroatoms. The van der Waals surface area contributed by atoms with E-state index in [1.165, 1.54) is 0 Å². The fourth-order valence-corrected chi connectivity index (χ4v) is 0.873. The van der Waals surface area contributed by atoms with Crippen LogP contribution in [-0.2, 0) is 9.47 Å². The van der Waals surface area contributed by atoms with Crippen LogP contribution in [0, 0.1) is 0 Å². The van der Waals surface area contributed by atoms with Gasteiger partial charge in [0.05, 0.1) is 19.6 Å². The lowest BCUT2D eigenvalue weighted by molar-refractivity contribution is -0.362. The molecule has 1 aliphatic rings. The van der Waals surface area contributed by atoms with Crippen molar-refractivity contribution in [1.29, 1.82) is 0 Å². The summed E-state index contributed by atoms with van der Waals surface area (Å²) in [6.45, 7) is 0.331. The zero-order chi connectivity index (χ0) is 10.1. The zero-order valence-electron chi connectivity index (χ0n) is 6.54. The van der Waals surface area contributed by atoms with Gasteiger partial charge in [0.25, 0.3) is 5.79 Å². The highest BCUT2D eigenvalue weighted by atomic mass is 19.4. The minimum atomic E-state index is -5.09. The zero-order valence-corrected chi connectivity index (χ0v) is 6.54. The maximum atomic E-state index is 11.9. The van der Waals surface area contributed by atoms with Gasteiger partial charge < -0.3 is 19.7 Å². The van der Waals surface area contributed by atoms with Crippen LogP contribution in [0.1, 0.15) is 6.42 Å². The molecule has 1 aliphatic heterocycles. The summed E-state index contributed by atoms with van der Waals surface area (Å²) < 4.78 is 44.9. The lowest BCUT2D eigenvalue weighted by Crippen LogP contribution is -2.47. The van der Waals surface area contributed by atoms with Gasteiger partial charge in [0.2, 0.25) is 0 Å². The summed E-state index contributed by atoms with van der Waals surface area (Å²) in [5, 5.41) is 17.2. The molecule has 0 radical (unpaired) electrons. The molecule has 0 aliphatic carbocycles. The van der Waals surface area contributed by atoms with Gasteiger partial charge in [-0.1, -0.05) is 0 Å². The summed E-state index contributed by atoms with van der Waals surface area (Å²) >= 11 is 0. The average Bonchev–Trinajstić information content (AvgIpc) is 2.35. The third-order valence-corrected chi connectivity index (χ3v) is 1.60. The highest BCUT2D eigenvalue weighted by molar-refractivity contribution is 4.76. The molecule has 0 aromatic heterocycles. The first kappa shape index (κ1) is 10.7. The van der Waals surface area contributed by atoms with Crippen molar-refractivity contribution in [1.82, 2.24) is 0 Å². The Balaban J connectivity index is 2.50. The Hall–Kier alpha value is -0.370. The SMILES string of the molecule is OC(O)(CC1OCCO1)C(F)(F)F. The molecule has 0 amide bonds. The lowest BCUT2D eigenvalue weighted by atomic mass is 10.2. The van der Waals surface area contributed by atoms with Crippen LogP contribution in [0.25, 0.3) is 0 Å². The maximum absolute atomic E-state index is 11.9. The number of hydrogen-bond donors (Lipinski definition) is 2. The minimum Gasteiger partial charge on any atom is -0.359 e. The Morgan fingerprint density at radius 3 is 2.00 bits per heavy atom. The van der Waals surface area contributed by atoms with Crippen LogP contribution in [0.2, 0.25) is 0 Å². The van der Waals surface area contributed by atoms with E-state index in [0.29, 0.717) is 0 Å². The van der Waals surface area contributed by atoms with E-state index in [4.69, 9.17) is 10.2 Å². The van der Waals surface area contributed by atoms with Gasteiger partial charge in [0, 0.05) is 0 Å². The summed E-state index contributed by atoms with van der Waals surface area (Å²) in [6.07, 6.45) is -7.32. The first-order chi connectivity index (χ1) is 5.83. The van der Waals surface area contributed by atoms with Crippen LogP contribution in [0.15, 0.2) is 0 Å². The summed E-state index contributed by atoms with van der Waals surface area (Å²) in [4.78, 5) is 0. The predicted molar refractivity (Wildman–Crippen MR) is 33.5 cm³/mol. The molecule has 13 heavy (non-hydrogen) atoms. The maximum Gasteiger partial charge on any atom is 0.443 e. The van der Waals surface area contributed by atoms with Crippen molar-refractivity contribution in [2.24, 2.45) is 0 Å². The second-order valence-electron chi connectivity index (χ2n) is 2.69. The molecule has 0 unspecified atom stereocenters. The second kappa shape index (κ2) is 3.41. The largest absolute Gasteiger partial charge is 0.443 e. The predicted octanol–water partition coefficient (Wildman–Crippen LogP) is -0.00740. The Morgan fingerprint density at radius 2 is 1.62 bits per heavy atom. The van der Waals surface area contributed by atoms with Crippen molar-refractivity contribution < 1.29 is 32.9 Å². The number of ether oxygens (including phenoxy) is 2. The van der Waals surface area contributed by atoms with Crippen molar-refractivity contribution >= 4 is 0 Å². The van der Waals surface area contributed by atoms with Crippen LogP contribution in [0.3, 0.4) is 0 Å². The molecule has 1 heterocycles. The highest BCUT2D eigenvalue weighted by Crippen LogP contribution is 2.32. The van der Waals surface area contributed by atoms with Crippen LogP contribution < -0.4 is 0 Å². The average molecular weight is 202 g/mol. The molecule has 0 bridgehead atoms. The van der Waals surface area contributed by atoms with Crippen molar-refractivity contribution in [2.45, 2.75) is 24.7 Å². The molecule has 2 N–H and O–H groups in total. The first-order valence-electron chi connectivity index (χ1n) is 3.57.